The minimum atomic E-state index is -0.209. The quantitative estimate of drug-likeness (QED) is 0.320. The highest BCUT2D eigenvalue weighted by atomic mass is 79.9. The third-order valence-electron chi connectivity index (χ3n) is 4.30. The second kappa shape index (κ2) is 6.23. The summed E-state index contributed by atoms with van der Waals surface area (Å²) in [6.45, 7) is 0. The molecule has 118 valence electrons. The number of hydrogen-bond donors (Lipinski definition) is 0. The zero-order valence-corrected chi connectivity index (χ0v) is 15.4. The van der Waals surface area contributed by atoms with Gasteiger partial charge in [0.2, 0.25) is 0 Å². The highest BCUT2D eigenvalue weighted by Gasteiger charge is 2.16. The van der Waals surface area contributed by atoms with Gasteiger partial charge in [0.05, 0.1) is 4.47 Å². The number of hydrogen-bond acceptors (Lipinski definition) is 1. The lowest BCUT2D eigenvalue weighted by Crippen LogP contribution is -1.91. The van der Waals surface area contributed by atoms with E-state index in [1.165, 1.54) is 5.39 Å². The van der Waals surface area contributed by atoms with Crippen LogP contribution in [0.15, 0.2) is 76.1 Å². The number of thioether (sulfide) groups is 1. The molecule has 4 aromatic carbocycles. The van der Waals surface area contributed by atoms with Crippen LogP contribution in [0.5, 0.6) is 0 Å². The van der Waals surface area contributed by atoms with E-state index in [0.29, 0.717) is 10.0 Å². The van der Waals surface area contributed by atoms with Crippen LogP contribution in [0.1, 0.15) is 0 Å². The lowest BCUT2D eigenvalue weighted by atomic mass is 9.98. The number of rotatable bonds is 2. The summed E-state index contributed by atoms with van der Waals surface area (Å²) in [5.41, 5.74) is 1.57. The summed E-state index contributed by atoms with van der Waals surface area (Å²) in [7, 11) is 0. The first-order valence-corrected chi connectivity index (χ1v) is 9.65. The molecule has 0 fully saturated rings. The molecular weight excluding hydrogens is 383 g/mol. The highest BCUT2D eigenvalue weighted by Crippen LogP contribution is 2.41. The molecule has 0 aliphatic rings. The maximum Gasteiger partial charge on any atom is 0.145 e. The van der Waals surface area contributed by atoms with Crippen molar-refractivity contribution in [1.29, 1.82) is 0 Å². The van der Waals surface area contributed by atoms with Crippen molar-refractivity contribution in [2.45, 2.75) is 4.90 Å². The Labute approximate surface area is 152 Å². The molecule has 0 saturated heterocycles. The van der Waals surface area contributed by atoms with E-state index in [2.05, 4.69) is 34.1 Å². The van der Waals surface area contributed by atoms with Gasteiger partial charge in [-0.3, -0.25) is 0 Å². The fourth-order valence-corrected chi connectivity index (χ4v) is 4.53. The van der Waals surface area contributed by atoms with E-state index < -0.39 is 0 Å². The summed E-state index contributed by atoms with van der Waals surface area (Å²) < 4.78 is 15.6. The summed E-state index contributed by atoms with van der Waals surface area (Å²) in [5.74, 6) is -0.209. The Balaban J connectivity index is 2.08. The normalized spacial score (nSPS) is 11.3. The van der Waals surface area contributed by atoms with Gasteiger partial charge in [0.25, 0.3) is 0 Å². The van der Waals surface area contributed by atoms with Crippen molar-refractivity contribution in [2.75, 3.05) is 6.26 Å². The van der Waals surface area contributed by atoms with Gasteiger partial charge in [-0.25, -0.2) is 4.39 Å². The largest absolute Gasteiger partial charge is 0.205 e. The maximum atomic E-state index is 15.1. The first kappa shape index (κ1) is 15.7. The van der Waals surface area contributed by atoms with Gasteiger partial charge in [-0.2, -0.15) is 0 Å². The SMILES string of the molecule is CSc1c(-c2cc3ccccc3c(Br)c2F)ccc2ccccc12. The fourth-order valence-electron chi connectivity index (χ4n) is 3.15. The lowest BCUT2D eigenvalue weighted by Gasteiger charge is -2.14. The minimum absolute atomic E-state index is 0.209. The Kier molecular flexibility index (Phi) is 4.07. The molecule has 24 heavy (non-hydrogen) atoms. The third-order valence-corrected chi connectivity index (χ3v) is 5.92. The van der Waals surface area contributed by atoms with Crippen molar-refractivity contribution in [3.05, 3.63) is 77.0 Å². The van der Waals surface area contributed by atoms with Crippen LogP contribution in [0, 0.1) is 5.82 Å². The summed E-state index contributed by atoms with van der Waals surface area (Å²) in [6, 6.07) is 22.1. The molecule has 3 heteroatoms. The molecule has 4 rings (SSSR count). The Hall–Kier alpha value is -1.84. The topological polar surface area (TPSA) is 0 Å². The van der Waals surface area contributed by atoms with Crippen molar-refractivity contribution in [1.82, 2.24) is 0 Å². The molecule has 0 nitrogen and oxygen atoms in total. The molecule has 0 heterocycles. The fraction of sp³-hybridized carbons (Fsp3) is 0.0476. The third kappa shape index (κ3) is 2.43. The maximum absolute atomic E-state index is 15.1. The summed E-state index contributed by atoms with van der Waals surface area (Å²) in [6.07, 6.45) is 2.04. The molecule has 0 bridgehead atoms. The average molecular weight is 397 g/mol. The van der Waals surface area contributed by atoms with Gasteiger partial charge in [-0.15, -0.1) is 11.8 Å². The van der Waals surface area contributed by atoms with Crippen LogP contribution in [0.2, 0.25) is 0 Å². The average Bonchev–Trinajstić information content (AvgIpc) is 2.64. The van der Waals surface area contributed by atoms with Crippen molar-refractivity contribution in [3.8, 4) is 11.1 Å². The number of fused-ring (bicyclic) bond motifs is 2. The van der Waals surface area contributed by atoms with Gasteiger partial charge < -0.3 is 0 Å². The molecule has 0 saturated carbocycles. The van der Waals surface area contributed by atoms with Gasteiger partial charge >= 0.3 is 0 Å². The van der Waals surface area contributed by atoms with Gasteiger partial charge in [0, 0.05) is 10.5 Å². The van der Waals surface area contributed by atoms with Crippen LogP contribution in [0.25, 0.3) is 32.7 Å². The van der Waals surface area contributed by atoms with Gasteiger partial charge in [-0.1, -0.05) is 60.7 Å². The summed E-state index contributed by atoms with van der Waals surface area (Å²) >= 11 is 5.10. The first-order chi connectivity index (χ1) is 11.7. The van der Waals surface area contributed by atoms with Crippen molar-refractivity contribution in [2.24, 2.45) is 0 Å². The molecule has 0 aliphatic carbocycles. The number of halogens is 2. The van der Waals surface area contributed by atoms with Crippen molar-refractivity contribution in [3.63, 3.8) is 0 Å². The van der Waals surface area contributed by atoms with E-state index in [4.69, 9.17) is 0 Å². The minimum Gasteiger partial charge on any atom is -0.205 e. The number of benzene rings is 4. The second-order valence-electron chi connectivity index (χ2n) is 5.64. The van der Waals surface area contributed by atoms with E-state index in [1.807, 2.05) is 54.8 Å². The van der Waals surface area contributed by atoms with Gasteiger partial charge in [-0.05, 0) is 55.4 Å². The molecule has 0 unspecified atom stereocenters. The van der Waals surface area contributed by atoms with Crippen molar-refractivity contribution >= 4 is 49.2 Å². The molecule has 0 aromatic heterocycles. The van der Waals surface area contributed by atoms with Crippen LogP contribution in [0.4, 0.5) is 4.39 Å². The second-order valence-corrected chi connectivity index (χ2v) is 7.25. The molecular formula is C21H14BrFS. The summed E-state index contributed by atoms with van der Waals surface area (Å²) in [4.78, 5) is 1.11. The van der Waals surface area contributed by atoms with E-state index in [-0.39, 0.29) is 5.82 Å². The van der Waals surface area contributed by atoms with E-state index in [1.54, 1.807) is 11.8 Å². The van der Waals surface area contributed by atoms with Crippen LogP contribution in [0.3, 0.4) is 0 Å². The predicted molar refractivity (Wildman–Crippen MR) is 106 cm³/mol. The Morgan fingerprint density at radius 3 is 2.21 bits per heavy atom. The van der Waals surface area contributed by atoms with Crippen LogP contribution in [-0.4, -0.2) is 6.26 Å². The van der Waals surface area contributed by atoms with E-state index >= 15 is 4.39 Å². The van der Waals surface area contributed by atoms with Crippen LogP contribution >= 0.6 is 27.7 Å². The molecule has 4 aromatic rings. The van der Waals surface area contributed by atoms with Gasteiger partial charge in [0.15, 0.2) is 0 Å². The molecule has 0 atom stereocenters. The predicted octanol–water partition coefficient (Wildman–Crippen LogP) is 7.28. The van der Waals surface area contributed by atoms with Gasteiger partial charge in [0.1, 0.15) is 5.82 Å². The Bertz CT molecular complexity index is 1070. The van der Waals surface area contributed by atoms with E-state index in [9.17, 15) is 0 Å². The van der Waals surface area contributed by atoms with Crippen molar-refractivity contribution < 1.29 is 4.39 Å². The smallest absolute Gasteiger partial charge is 0.145 e. The Morgan fingerprint density at radius 2 is 1.46 bits per heavy atom. The first-order valence-electron chi connectivity index (χ1n) is 7.63. The van der Waals surface area contributed by atoms with Crippen LogP contribution in [-0.2, 0) is 0 Å². The molecule has 0 radical (unpaired) electrons. The molecule has 0 aliphatic heterocycles. The van der Waals surface area contributed by atoms with E-state index in [0.717, 1.165) is 26.6 Å². The molecule has 0 spiro atoms. The Morgan fingerprint density at radius 1 is 0.792 bits per heavy atom. The zero-order valence-electron chi connectivity index (χ0n) is 13.0. The monoisotopic (exact) mass is 396 g/mol. The lowest BCUT2D eigenvalue weighted by molar-refractivity contribution is 0.626. The molecule has 0 N–H and O–H groups in total. The zero-order chi connectivity index (χ0) is 16.7. The van der Waals surface area contributed by atoms with Crippen LogP contribution < -0.4 is 0 Å². The highest BCUT2D eigenvalue weighted by molar-refractivity contribution is 9.10. The standard InChI is InChI=1S/C21H14BrFS/c1-24-21-16-9-5-2-6-13(16)10-11-17(21)18-12-14-7-3-4-8-15(14)19(22)20(18)23/h2-12H,1H3. The molecule has 0 amide bonds. The summed E-state index contributed by atoms with van der Waals surface area (Å²) in [5, 5.41) is 4.25.